The second-order valence-electron chi connectivity index (χ2n) is 4.32. The number of hydrogen-bond donors (Lipinski definition) is 1. The maximum Gasteiger partial charge on any atom is 0.146 e. The van der Waals surface area contributed by atoms with Crippen molar-refractivity contribution in [2.24, 2.45) is 5.73 Å². The van der Waals surface area contributed by atoms with Gasteiger partial charge in [0.1, 0.15) is 23.9 Å². The fourth-order valence-corrected chi connectivity index (χ4v) is 1.94. The molecule has 0 bridgehead atoms. The third kappa shape index (κ3) is 3.26. The summed E-state index contributed by atoms with van der Waals surface area (Å²) in [4.78, 5) is 0. The number of hydrogen-bond acceptors (Lipinski definition) is 3. The van der Waals surface area contributed by atoms with Crippen LogP contribution in [-0.2, 0) is 13.2 Å². The minimum absolute atomic E-state index is 0.412. The van der Waals surface area contributed by atoms with Gasteiger partial charge in [-0.1, -0.05) is 30.4 Å². The highest BCUT2D eigenvalue weighted by Crippen LogP contribution is 2.22. The van der Waals surface area contributed by atoms with Crippen molar-refractivity contribution in [1.29, 1.82) is 0 Å². The first-order valence-electron chi connectivity index (χ1n) is 6.37. The lowest BCUT2D eigenvalue weighted by atomic mass is 10.2. The number of ether oxygens (including phenoxy) is 1. The Balaban J connectivity index is 2.09. The van der Waals surface area contributed by atoms with Crippen LogP contribution in [0.4, 0.5) is 0 Å². The number of nitrogens with two attached hydrogens (primary N) is 1. The molecule has 3 nitrogen and oxygen atoms in total. The average Bonchev–Trinajstić information content (AvgIpc) is 2.78. The van der Waals surface area contributed by atoms with Crippen LogP contribution in [0, 0.1) is 6.92 Å². The van der Waals surface area contributed by atoms with E-state index >= 15 is 0 Å². The zero-order valence-electron chi connectivity index (χ0n) is 11.3. The standard InChI is InChI=1S/C16H19NO2/c1-3-6-13-7-4-5-8-16(13)18-11-15-9-14(10-17)12(2)19-15/h3-9H,10-11,17H2,1-2H3. The lowest BCUT2D eigenvalue weighted by Gasteiger charge is -2.07. The zero-order chi connectivity index (χ0) is 13.7. The van der Waals surface area contributed by atoms with E-state index in [0.717, 1.165) is 28.4 Å². The summed E-state index contributed by atoms with van der Waals surface area (Å²) in [5, 5.41) is 0. The number of rotatable bonds is 5. The Morgan fingerprint density at radius 1 is 1.32 bits per heavy atom. The van der Waals surface area contributed by atoms with E-state index in [-0.39, 0.29) is 0 Å². The second kappa shape index (κ2) is 6.25. The van der Waals surface area contributed by atoms with E-state index < -0.39 is 0 Å². The van der Waals surface area contributed by atoms with Gasteiger partial charge in [0.05, 0.1) is 0 Å². The lowest BCUT2D eigenvalue weighted by Crippen LogP contribution is -1.96. The fourth-order valence-electron chi connectivity index (χ4n) is 1.94. The molecule has 0 amide bonds. The van der Waals surface area contributed by atoms with Crippen LogP contribution in [-0.4, -0.2) is 0 Å². The highest BCUT2D eigenvalue weighted by atomic mass is 16.5. The highest BCUT2D eigenvalue weighted by Gasteiger charge is 2.07. The molecule has 1 aromatic heterocycles. The summed E-state index contributed by atoms with van der Waals surface area (Å²) in [6, 6.07) is 9.88. The molecule has 0 spiro atoms. The Morgan fingerprint density at radius 2 is 2.11 bits per heavy atom. The molecule has 19 heavy (non-hydrogen) atoms. The molecule has 2 N–H and O–H groups in total. The van der Waals surface area contributed by atoms with E-state index in [1.165, 1.54) is 0 Å². The fraction of sp³-hybridized carbons (Fsp3) is 0.250. The van der Waals surface area contributed by atoms with Crippen molar-refractivity contribution in [3.63, 3.8) is 0 Å². The van der Waals surface area contributed by atoms with Gasteiger partial charge in [-0.25, -0.2) is 0 Å². The number of allylic oxidation sites excluding steroid dienone is 1. The molecule has 1 heterocycles. The highest BCUT2D eigenvalue weighted by molar-refractivity contribution is 5.56. The lowest BCUT2D eigenvalue weighted by molar-refractivity contribution is 0.267. The summed E-state index contributed by atoms with van der Waals surface area (Å²) in [6.07, 6.45) is 4.01. The summed E-state index contributed by atoms with van der Waals surface area (Å²) in [5.41, 5.74) is 7.72. The van der Waals surface area contributed by atoms with Gasteiger partial charge < -0.3 is 14.9 Å². The van der Waals surface area contributed by atoms with Crippen molar-refractivity contribution in [3.05, 3.63) is 59.1 Å². The molecule has 0 radical (unpaired) electrons. The molecule has 100 valence electrons. The Kier molecular flexibility index (Phi) is 4.42. The molecule has 0 aliphatic carbocycles. The van der Waals surface area contributed by atoms with Gasteiger partial charge in [0.25, 0.3) is 0 Å². The summed E-state index contributed by atoms with van der Waals surface area (Å²) in [6.45, 7) is 4.81. The Bertz CT molecular complexity index is 570. The van der Waals surface area contributed by atoms with Gasteiger partial charge in [-0.3, -0.25) is 0 Å². The number of benzene rings is 1. The van der Waals surface area contributed by atoms with Crippen LogP contribution in [0.3, 0.4) is 0 Å². The van der Waals surface area contributed by atoms with Crippen molar-refractivity contribution in [2.75, 3.05) is 0 Å². The van der Waals surface area contributed by atoms with E-state index in [2.05, 4.69) is 0 Å². The molecule has 2 aromatic rings. The van der Waals surface area contributed by atoms with Gasteiger partial charge in [0, 0.05) is 17.7 Å². The monoisotopic (exact) mass is 257 g/mol. The topological polar surface area (TPSA) is 48.4 Å². The van der Waals surface area contributed by atoms with E-state index in [0.29, 0.717) is 13.2 Å². The van der Waals surface area contributed by atoms with E-state index in [4.69, 9.17) is 14.9 Å². The first-order valence-corrected chi connectivity index (χ1v) is 6.37. The minimum Gasteiger partial charge on any atom is -0.485 e. The average molecular weight is 257 g/mol. The van der Waals surface area contributed by atoms with E-state index in [1.807, 2.05) is 56.3 Å². The van der Waals surface area contributed by atoms with Crippen LogP contribution in [0.25, 0.3) is 6.08 Å². The van der Waals surface area contributed by atoms with Crippen molar-refractivity contribution in [2.45, 2.75) is 27.0 Å². The van der Waals surface area contributed by atoms with Gasteiger partial charge >= 0.3 is 0 Å². The molecular formula is C16H19NO2. The molecule has 0 saturated heterocycles. The quantitative estimate of drug-likeness (QED) is 0.889. The molecule has 1 aromatic carbocycles. The van der Waals surface area contributed by atoms with Crippen LogP contribution in [0.15, 0.2) is 40.8 Å². The predicted molar refractivity (Wildman–Crippen MR) is 76.8 cm³/mol. The number of aryl methyl sites for hydroxylation is 1. The van der Waals surface area contributed by atoms with Crippen LogP contribution in [0.2, 0.25) is 0 Å². The van der Waals surface area contributed by atoms with Gasteiger partial charge in [0.2, 0.25) is 0 Å². The smallest absolute Gasteiger partial charge is 0.146 e. The van der Waals surface area contributed by atoms with Crippen LogP contribution in [0.5, 0.6) is 5.75 Å². The molecule has 3 heteroatoms. The van der Waals surface area contributed by atoms with Crippen molar-refractivity contribution < 1.29 is 9.15 Å². The molecule has 2 rings (SSSR count). The van der Waals surface area contributed by atoms with Crippen LogP contribution >= 0.6 is 0 Å². The molecule has 0 aliphatic rings. The summed E-state index contributed by atoms with van der Waals surface area (Å²) < 4.78 is 11.4. The van der Waals surface area contributed by atoms with Crippen LogP contribution in [0.1, 0.15) is 29.6 Å². The van der Waals surface area contributed by atoms with Gasteiger partial charge in [-0.05, 0) is 26.0 Å². The maximum absolute atomic E-state index is 5.80. The molecule has 0 aliphatic heterocycles. The largest absolute Gasteiger partial charge is 0.485 e. The Hall–Kier alpha value is -2.00. The predicted octanol–water partition coefficient (Wildman–Crippen LogP) is 3.66. The Morgan fingerprint density at radius 3 is 2.79 bits per heavy atom. The third-order valence-electron chi connectivity index (χ3n) is 2.93. The zero-order valence-corrected chi connectivity index (χ0v) is 11.3. The Labute approximate surface area is 113 Å². The molecule has 0 atom stereocenters. The van der Waals surface area contributed by atoms with Crippen molar-refractivity contribution in [3.8, 4) is 5.75 Å². The van der Waals surface area contributed by atoms with E-state index in [1.54, 1.807) is 0 Å². The SMILES string of the molecule is CC=Cc1ccccc1OCc1cc(CN)c(C)o1. The number of furan rings is 1. The van der Waals surface area contributed by atoms with Gasteiger partial charge in [-0.2, -0.15) is 0 Å². The summed E-state index contributed by atoms with van der Waals surface area (Å²) in [5.74, 6) is 2.51. The summed E-state index contributed by atoms with van der Waals surface area (Å²) >= 11 is 0. The number of para-hydroxylation sites is 1. The first-order chi connectivity index (χ1) is 9.24. The summed E-state index contributed by atoms with van der Waals surface area (Å²) in [7, 11) is 0. The van der Waals surface area contributed by atoms with Crippen molar-refractivity contribution in [1.82, 2.24) is 0 Å². The minimum atomic E-state index is 0.412. The first kappa shape index (κ1) is 13.4. The second-order valence-corrected chi connectivity index (χ2v) is 4.32. The van der Waals surface area contributed by atoms with Gasteiger partial charge in [-0.15, -0.1) is 0 Å². The van der Waals surface area contributed by atoms with E-state index in [9.17, 15) is 0 Å². The maximum atomic E-state index is 5.80. The molecule has 0 fully saturated rings. The third-order valence-corrected chi connectivity index (χ3v) is 2.93. The van der Waals surface area contributed by atoms with Gasteiger partial charge in [0.15, 0.2) is 0 Å². The van der Waals surface area contributed by atoms with Crippen LogP contribution < -0.4 is 10.5 Å². The molecular weight excluding hydrogens is 238 g/mol. The van der Waals surface area contributed by atoms with Crippen molar-refractivity contribution >= 4 is 6.08 Å². The molecule has 0 unspecified atom stereocenters. The normalized spacial score (nSPS) is 11.1. The molecule has 0 saturated carbocycles.